The normalized spacial score (nSPS) is 15.2. The summed E-state index contributed by atoms with van der Waals surface area (Å²) >= 11 is 1.69. The number of piperidine rings is 1. The van der Waals surface area contributed by atoms with Gasteiger partial charge in [0.1, 0.15) is 5.82 Å². The Morgan fingerprint density at radius 2 is 1.93 bits per heavy atom. The van der Waals surface area contributed by atoms with Crippen molar-refractivity contribution < 1.29 is 4.79 Å². The van der Waals surface area contributed by atoms with Gasteiger partial charge in [-0.1, -0.05) is 30.3 Å². The molecule has 1 amide bonds. The molecule has 0 aliphatic carbocycles. The number of likely N-dealkylation sites (tertiary alicyclic amines) is 1. The van der Waals surface area contributed by atoms with E-state index in [9.17, 15) is 4.79 Å². The van der Waals surface area contributed by atoms with Crippen LogP contribution in [0.4, 0.5) is 0 Å². The lowest BCUT2D eigenvalue weighted by atomic mass is 9.95. The Bertz CT molecular complexity index is 849. The maximum absolute atomic E-state index is 12.5. The highest BCUT2D eigenvalue weighted by atomic mass is 32.1. The van der Waals surface area contributed by atoms with Gasteiger partial charge in [-0.25, -0.2) is 4.98 Å². The van der Waals surface area contributed by atoms with E-state index < -0.39 is 0 Å². The second-order valence-electron chi connectivity index (χ2n) is 7.19. The first-order valence-electron chi connectivity index (χ1n) is 9.63. The molecule has 3 heterocycles. The van der Waals surface area contributed by atoms with Crippen molar-refractivity contribution in [3.8, 4) is 0 Å². The van der Waals surface area contributed by atoms with Crippen LogP contribution in [0.3, 0.4) is 0 Å². The van der Waals surface area contributed by atoms with Crippen LogP contribution in [0.25, 0.3) is 0 Å². The molecule has 2 aromatic heterocycles. The second-order valence-corrected chi connectivity index (χ2v) is 7.97. The van der Waals surface area contributed by atoms with Gasteiger partial charge in [0.15, 0.2) is 0 Å². The highest BCUT2D eigenvalue weighted by molar-refractivity contribution is 7.07. The van der Waals surface area contributed by atoms with Crippen molar-refractivity contribution in [1.29, 1.82) is 0 Å². The standard InChI is InChI=1S/C22H25N3OS/c26-21(7-6-19-10-15-27-17-19)24-12-8-20(9-13-24)22-23-11-14-25(22)16-18-4-2-1-3-5-18/h1-5,10-11,14-15,17,20H,6-9,12-13,16H2. The minimum Gasteiger partial charge on any atom is -0.343 e. The Morgan fingerprint density at radius 3 is 2.67 bits per heavy atom. The summed E-state index contributed by atoms with van der Waals surface area (Å²) in [6.07, 6.45) is 7.43. The van der Waals surface area contributed by atoms with Gasteiger partial charge in [0.05, 0.1) is 0 Å². The summed E-state index contributed by atoms with van der Waals surface area (Å²) in [5.41, 5.74) is 2.56. The predicted octanol–water partition coefficient (Wildman–Crippen LogP) is 4.33. The topological polar surface area (TPSA) is 38.1 Å². The molecule has 1 aliphatic heterocycles. The highest BCUT2D eigenvalue weighted by Gasteiger charge is 2.26. The highest BCUT2D eigenvalue weighted by Crippen LogP contribution is 2.28. The van der Waals surface area contributed by atoms with Gasteiger partial charge in [0.25, 0.3) is 0 Å². The number of carbonyl (C=O) groups is 1. The van der Waals surface area contributed by atoms with Crippen LogP contribution in [0.5, 0.6) is 0 Å². The van der Waals surface area contributed by atoms with Crippen LogP contribution >= 0.6 is 11.3 Å². The fraction of sp³-hybridized carbons (Fsp3) is 0.364. The lowest BCUT2D eigenvalue weighted by Gasteiger charge is -2.32. The van der Waals surface area contributed by atoms with Crippen molar-refractivity contribution >= 4 is 17.2 Å². The van der Waals surface area contributed by atoms with E-state index in [2.05, 4.69) is 56.8 Å². The Morgan fingerprint density at radius 1 is 1.11 bits per heavy atom. The van der Waals surface area contributed by atoms with Gasteiger partial charge in [0, 0.05) is 44.4 Å². The quantitative estimate of drug-likeness (QED) is 0.639. The summed E-state index contributed by atoms with van der Waals surface area (Å²) < 4.78 is 2.26. The summed E-state index contributed by atoms with van der Waals surface area (Å²) in [4.78, 5) is 19.2. The summed E-state index contributed by atoms with van der Waals surface area (Å²) in [6, 6.07) is 12.6. The summed E-state index contributed by atoms with van der Waals surface area (Å²) in [5.74, 6) is 1.88. The number of thiophene rings is 1. The van der Waals surface area contributed by atoms with Gasteiger partial charge < -0.3 is 9.47 Å². The van der Waals surface area contributed by atoms with Crippen LogP contribution in [-0.2, 0) is 17.8 Å². The van der Waals surface area contributed by atoms with Crippen LogP contribution in [0.2, 0.25) is 0 Å². The molecule has 1 saturated heterocycles. The first-order valence-corrected chi connectivity index (χ1v) is 10.6. The van der Waals surface area contributed by atoms with Crippen LogP contribution in [0.15, 0.2) is 59.6 Å². The van der Waals surface area contributed by atoms with Gasteiger partial charge in [-0.15, -0.1) is 0 Å². The molecule has 0 spiro atoms. The molecule has 0 atom stereocenters. The SMILES string of the molecule is O=C(CCc1ccsc1)N1CCC(c2nccn2Cc2ccccc2)CC1. The molecule has 3 aromatic rings. The number of hydrogen-bond acceptors (Lipinski definition) is 3. The zero-order valence-corrected chi connectivity index (χ0v) is 16.3. The van der Waals surface area contributed by atoms with Crippen molar-refractivity contribution in [2.45, 2.75) is 38.1 Å². The van der Waals surface area contributed by atoms with E-state index in [1.807, 2.05) is 17.2 Å². The molecule has 27 heavy (non-hydrogen) atoms. The van der Waals surface area contributed by atoms with Crippen molar-refractivity contribution in [3.05, 3.63) is 76.5 Å². The number of imidazole rings is 1. The fourth-order valence-corrected chi connectivity index (χ4v) is 4.53. The van der Waals surface area contributed by atoms with Gasteiger partial charge >= 0.3 is 0 Å². The zero-order chi connectivity index (χ0) is 18.5. The minimum absolute atomic E-state index is 0.285. The molecule has 0 unspecified atom stereocenters. The third-order valence-corrected chi connectivity index (χ3v) is 6.10. The van der Waals surface area contributed by atoms with Crippen LogP contribution in [-0.4, -0.2) is 33.4 Å². The maximum atomic E-state index is 12.5. The molecule has 4 nitrogen and oxygen atoms in total. The maximum Gasteiger partial charge on any atom is 0.222 e. The lowest BCUT2D eigenvalue weighted by molar-refractivity contribution is -0.132. The largest absolute Gasteiger partial charge is 0.343 e. The first-order chi connectivity index (χ1) is 13.3. The monoisotopic (exact) mass is 379 g/mol. The summed E-state index contributed by atoms with van der Waals surface area (Å²) in [6.45, 7) is 2.53. The van der Waals surface area contributed by atoms with E-state index in [0.717, 1.165) is 44.7 Å². The summed E-state index contributed by atoms with van der Waals surface area (Å²) in [5, 5.41) is 4.20. The Balaban J connectivity index is 1.32. The molecule has 4 rings (SSSR count). The average Bonchev–Trinajstić information content (AvgIpc) is 3.39. The number of carbonyl (C=O) groups excluding carboxylic acids is 1. The Kier molecular flexibility index (Phi) is 5.68. The number of nitrogens with zero attached hydrogens (tertiary/aromatic N) is 3. The Hall–Kier alpha value is -2.40. The number of rotatable bonds is 6. The van der Waals surface area contributed by atoms with Gasteiger partial charge in [-0.3, -0.25) is 4.79 Å². The van der Waals surface area contributed by atoms with E-state index in [4.69, 9.17) is 0 Å². The van der Waals surface area contributed by atoms with Crippen LogP contribution < -0.4 is 0 Å². The first kappa shape index (κ1) is 18.0. The molecular formula is C22H25N3OS. The lowest BCUT2D eigenvalue weighted by Crippen LogP contribution is -2.38. The molecule has 1 fully saturated rings. The van der Waals surface area contributed by atoms with Crippen LogP contribution in [0.1, 0.15) is 42.1 Å². The van der Waals surface area contributed by atoms with Crippen molar-refractivity contribution in [3.63, 3.8) is 0 Å². The van der Waals surface area contributed by atoms with Crippen molar-refractivity contribution in [1.82, 2.24) is 14.5 Å². The minimum atomic E-state index is 0.285. The smallest absolute Gasteiger partial charge is 0.222 e. The molecule has 0 radical (unpaired) electrons. The van der Waals surface area contributed by atoms with E-state index in [1.165, 1.54) is 11.1 Å². The zero-order valence-electron chi connectivity index (χ0n) is 15.5. The Labute approximate surface area is 164 Å². The third kappa shape index (κ3) is 4.48. The van der Waals surface area contributed by atoms with E-state index in [0.29, 0.717) is 12.3 Å². The van der Waals surface area contributed by atoms with Crippen LogP contribution in [0, 0.1) is 0 Å². The molecule has 0 bridgehead atoms. The van der Waals surface area contributed by atoms with E-state index in [-0.39, 0.29) is 5.91 Å². The average molecular weight is 380 g/mol. The number of amides is 1. The van der Waals surface area contributed by atoms with Gasteiger partial charge in [0.2, 0.25) is 5.91 Å². The van der Waals surface area contributed by atoms with Crippen molar-refractivity contribution in [2.75, 3.05) is 13.1 Å². The molecule has 1 aromatic carbocycles. The molecule has 140 valence electrons. The van der Waals surface area contributed by atoms with Gasteiger partial charge in [-0.05, 0) is 47.2 Å². The van der Waals surface area contributed by atoms with Crippen molar-refractivity contribution in [2.24, 2.45) is 0 Å². The number of aryl methyl sites for hydroxylation is 1. The number of benzene rings is 1. The number of hydrogen-bond donors (Lipinski definition) is 0. The van der Waals surface area contributed by atoms with E-state index in [1.54, 1.807) is 11.3 Å². The molecule has 1 aliphatic rings. The second kappa shape index (κ2) is 8.53. The third-order valence-electron chi connectivity index (χ3n) is 5.36. The van der Waals surface area contributed by atoms with E-state index >= 15 is 0 Å². The summed E-state index contributed by atoms with van der Waals surface area (Å²) in [7, 11) is 0. The molecule has 5 heteroatoms. The molecule has 0 N–H and O–H groups in total. The molecule has 0 saturated carbocycles. The van der Waals surface area contributed by atoms with Gasteiger partial charge in [-0.2, -0.15) is 11.3 Å². The molecular weight excluding hydrogens is 354 g/mol. The fourth-order valence-electron chi connectivity index (χ4n) is 3.83. The predicted molar refractivity (Wildman–Crippen MR) is 109 cm³/mol. The number of aromatic nitrogens is 2.